The summed E-state index contributed by atoms with van der Waals surface area (Å²) >= 11 is 0. The van der Waals surface area contributed by atoms with Crippen molar-refractivity contribution >= 4 is 0 Å². The van der Waals surface area contributed by atoms with E-state index in [0.29, 0.717) is 6.07 Å². The standard InChI is InChI=1S/C8H5F6NO2/c9-4-1-3(2-16)5(6(10)11)15-7(4)17-8(12,13)14/h1,6,16H,2H2. The van der Waals surface area contributed by atoms with Crippen molar-refractivity contribution in [1.82, 2.24) is 4.98 Å². The average molecular weight is 261 g/mol. The first-order valence-electron chi connectivity index (χ1n) is 4.08. The van der Waals surface area contributed by atoms with E-state index in [1.807, 2.05) is 0 Å². The van der Waals surface area contributed by atoms with Crippen LogP contribution in [0.15, 0.2) is 6.07 Å². The molecule has 1 N–H and O–H groups in total. The average Bonchev–Trinajstić information content (AvgIpc) is 2.18. The third-order valence-corrected chi connectivity index (χ3v) is 1.65. The molecule has 3 nitrogen and oxygen atoms in total. The first kappa shape index (κ1) is 13.6. The number of aliphatic hydroxyl groups excluding tert-OH is 1. The second kappa shape index (κ2) is 4.78. The highest BCUT2D eigenvalue weighted by Crippen LogP contribution is 2.29. The van der Waals surface area contributed by atoms with Crippen LogP contribution in [0.25, 0.3) is 0 Å². The Morgan fingerprint density at radius 1 is 1.35 bits per heavy atom. The number of pyridine rings is 1. The Morgan fingerprint density at radius 2 is 1.94 bits per heavy atom. The fourth-order valence-corrected chi connectivity index (χ4v) is 1.02. The molecule has 0 atom stereocenters. The highest BCUT2D eigenvalue weighted by molar-refractivity contribution is 5.28. The summed E-state index contributed by atoms with van der Waals surface area (Å²) in [6.07, 6.45) is -8.50. The molecule has 1 rings (SSSR count). The second-order valence-electron chi connectivity index (χ2n) is 2.83. The number of rotatable bonds is 3. The van der Waals surface area contributed by atoms with Gasteiger partial charge in [0, 0.05) is 5.56 Å². The van der Waals surface area contributed by atoms with Crippen molar-refractivity contribution in [3.63, 3.8) is 0 Å². The topological polar surface area (TPSA) is 42.4 Å². The van der Waals surface area contributed by atoms with Crippen LogP contribution in [-0.2, 0) is 6.61 Å². The summed E-state index contributed by atoms with van der Waals surface area (Å²) < 4.78 is 76.1. The van der Waals surface area contributed by atoms with Gasteiger partial charge < -0.3 is 9.84 Å². The summed E-state index contributed by atoms with van der Waals surface area (Å²) in [7, 11) is 0. The Balaban J connectivity index is 3.20. The van der Waals surface area contributed by atoms with E-state index < -0.39 is 42.3 Å². The number of halogens is 6. The number of aliphatic hydroxyl groups is 1. The Hall–Kier alpha value is -1.51. The van der Waals surface area contributed by atoms with Gasteiger partial charge in [-0.2, -0.15) is 0 Å². The van der Waals surface area contributed by atoms with E-state index in [9.17, 15) is 26.3 Å². The van der Waals surface area contributed by atoms with Crippen molar-refractivity contribution < 1.29 is 36.2 Å². The fourth-order valence-electron chi connectivity index (χ4n) is 1.02. The molecule has 0 amide bonds. The zero-order valence-corrected chi connectivity index (χ0v) is 7.93. The molecule has 0 bridgehead atoms. The van der Waals surface area contributed by atoms with E-state index in [0.717, 1.165) is 0 Å². The SMILES string of the molecule is OCc1cc(F)c(OC(F)(F)F)nc1C(F)F. The maximum atomic E-state index is 13.0. The van der Waals surface area contributed by atoms with Gasteiger partial charge in [-0.05, 0) is 6.07 Å². The van der Waals surface area contributed by atoms with Crippen molar-refractivity contribution in [3.05, 3.63) is 23.1 Å². The molecule has 0 fully saturated rings. The molecule has 0 aliphatic heterocycles. The molecule has 1 heterocycles. The van der Waals surface area contributed by atoms with Gasteiger partial charge in [-0.1, -0.05) is 0 Å². The molecule has 0 spiro atoms. The molecule has 0 radical (unpaired) electrons. The van der Waals surface area contributed by atoms with Gasteiger partial charge >= 0.3 is 6.36 Å². The normalized spacial score (nSPS) is 12.0. The predicted octanol–water partition coefficient (Wildman–Crippen LogP) is 2.55. The van der Waals surface area contributed by atoms with Crippen LogP contribution < -0.4 is 4.74 Å². The molecular weight excluding hydrogens is 256 g/mol. The molecule has 9 heteroatoms. The minimum Gasteiger partial charge on any atom is -0.392 e. The summed E-state index contributed by atoms with van der Waals surface area (Å²) in [6.45, 7) is -0.976. The summed E-state index contributed by atoms with van der Waals surface area (Å²) in [4.78, 5) is 2.70. The van der Waals surface area contributed by atoms with E-state index in [-0.39, 0.29) is 0 Å². The smallest absolute Gasteiger partial charge is 0.392 e. The molecule has 96 valence electrons. The lowest BCUT2D eigenvalue weighted by Gasteiger charge is -2.12. The summed E-state index contributed by atoms with van der Waals surface area (Å²) in [5.41, 5.74) is -1.76. The molecule has 0 aromatic carbocycles. The predicted molar refractivity (Wildman–Crippen MR) is 41.8 cm³/mol. The van der Waals surface area contributed by atoms with Crippen molar-refractivity contribution in [2.75, 3.05) is 0 Å². The Labute approximate surface area is 90.6 Å². The van der Waals surface area contributed by atoms with Gasteiger partial charge in [0.15, 0.2) is 5.82 Å². The maximum absolute atomic E-state index is 13.0. The van der Waals surface area contributed by atoms with Crippen molar-refractivity contribution in [2.45, 2.75) is 19.4 Å². The van der Waals surface area contributed by atoms with Crippen LogP contribution in [0.3, 0.4) is 0 Å². The first-order valence-corrected chi connectivity index (χ1v) is 4.08. The van der Waals surface area contributed by atoms with Crippen LogP contribution in [0, 0.1) is 5.82 Å². The largest absolute Gasteiger partial charge is 0.574 e. The van der Waals surface area contributed by atoms with Gasteiger partial charge in [0.1, 0.15) is 5.69 Å². The van der Waals surface area contributed by atoms with E-state index in [1.165, 1.54) is 0 Å². The van der Waals surface area contributed by atoms with Gasteiger partial charge in [-0.15, -0.1) is 13.2 Å². The van der Waals surface area contributed by atoms with Crippen molar-refractivity contribution in [3.8, 4) is 5.88 Å². The quantitative estimate of drug-likeness (QED) is 0.850. The molecule has 1 aromatic heterocycles. The number of alkyl halides is 5. The van der Waals surface area contributed by atoms with E-state index in [2.05, 4.69) is 9.72 Å². The highest BCUT2D eigenvalue weighted by Gasteiger charge is 2.34. The van der Waals surface area contributed by atoms with Crippen LogP contribution in [0.5, 0.6) is 5.88 Å². The number of nitrogens with zero attached hydrogens (tertiary/aromatic N) is 1. The monoisotopic (exact) mass is 261 g/mol. The van der Waals surface area contributed by atoms with Gasteiger partial charge in [0.25, 0.3) is 12.3 Å². The minimum absolute atomic E-state index is 0.315. The Morgan fingerprint density at radius 3 is 2.35 bits per heavy atom. The van der Waals surface area contributed by atoms with Crippen molar-refractivity contribution in [2.24, 2.45) is 0 Å². The van der Waals surface area contributed by atoms with E-state index in [1.54, 1.807) is 0 Å². The zero-order valence-electron chi connectivity index (χ0n) is 7.93. The Bertz CT molecular complexity index is 406. The van der Waals surface area contributed by atoms with Crippen LogP contribution in [0.2, 0.25) is 0 Å². The second-order valence-corrected chi connectivity index (χ2v) is 2.83. The van der Waals surface area contributed by atoms with Crippen LogP contribution in [0.4, 0.5) is 26.3 Å². The Kier molecular flexibility index (Phi) is 3.81. The highest BCUT2D eigenvalue weighted by atomic mass is 19.4. The van der Waals surface area contributed by atoms with Crippen LogP contribution in [0.1, 0.15) is 17.7 Å². The van der Waals surface area contributed by atoms with Gasteiger partial charge in [-0.3, -0.25) is 0 Å². The summed E-state index contributed by atoms with van der Waals surface area (Å²) in [5.74, 6) is -3.19. The number of ether oxygens (including phenoxy) is 1. The number of aromatic nitrogens is 1. The number of hydrogen-bond acceptors (Lipinski definition) is 3. The summed E-state index contributed by atoms with van der Waals surface area (Å²) in [5, 5.41) is 8.61. The maximum Gasteiger partial charge on any atom is 0.574 e. The van der Waals surface area contributed by atoms with Crippen LogP contribution in [-0.4, -0.2) is 16.5 Å². The lowest BCUT2D eigenvalue weighted by Crippen LogP contribution is -2.19. The molecular formula is C8H5F6NO2. The lowest BCUT2D eigenvalue weighted by atomic mass is 10.2. The molecule has 0 saturated carbocycles. The number of hydrogen-bond donors (Lipinski definition) is 1. The first-order chi connectivity index (χ1) is 7.74. The van der Waals surface area contributed by atoms with Crippen LogP contribution >= 0.6 is 0 Å². The van der Waals surface area contributed by atoms with Gasteiger partial charge in [-0.25, -0.2) is 18.2 Å². The molecule has 0 aliphatic rings. The third kappa shape index (κ3) is 3.48. The van der Waals surface area contributed by atoms with Gasteiger partial charge in [0.2, 0.25) is 0 Å². The molecule has 0 unspecified atom stereocenters. The molecule has 0 aliphatic carbocycles. The lowest BCUT2D eigenvalue weighted by molar-refractivity contribution is -0.277. The van der Waals surface area contributed by atoms with Gasteiger partial charge in [0.05, 0.1) is 6.61 Å². The fraction of sp³-hybridized carbons (Fsp3) is 0.375. The van der Waals surface area contributed by atoms with Crippen molar-refractivity contribution in [1.29, 1.82) is 0 Å². The molecule has 1 aromatic rings. The minimum atomic E-state index is -5.24. The zero-order chi connectivity index (χ0) is 13.2. The summed E-state index contributed by atoms with van der Waals surface area (Å²) in [6, 6.07) is 0.315. The molecule has 17 heavy (non-hydrogen) atoms. The van der Waals surface area contributed by atoms with E-state index in [4.69, 9.17) is 5.11 Å². The van der Waals surface area contributed by atoms with E-state index >= 15 is 0 Å². The third-order valence-electron chi connectivity index (χ3n) is 1.65. The molecule has 0 saturated heterocycles.